The molecule has 128 valence electrons. The van der Waals surface area contributed by atoms with Crippen molar-refractivity contribution in [1.29, 1.82) is 5.26 Å². The molecule has 25 heavy (non-hydrogen) atoms. The first-order valence-corrected chi connectivity index (χ1v) is 12.2. The molecule has 5 nitrogen and oxygen atoms in total. The van der Waals surface area contributed by atoms with Crippen LogP contribution in [-0.4, -0.2) is 35.8 Å². The fourth-order valence-corrected chi connectivity index (χ4v) is 4.45. The Hall–Kier alpha value is -1.64. The number of carbonyl (C=O) groups excluding carboxylic acids is 2. The van der Waals surface area contributed by atoms with Crippen molar-refractivity contribution in [3.05, 3.63) is 42.0 Å². The van der Waals surface area contributed by atoms with Gasteiger partial charge in [-0.1, -0.05) is 0 Å². The Kier molecular flexibility index (Phi) is 5.93. The first-order chi connectivity index (χ1) is 12.1. The van der Waals surface area contributed by atoms with Crippen LogP contribution in [0.1, 0.15) is 23.2 Å². The third kappa shape index (κ3) is 3.96. The Morgan fingerprint density at radius 3 is 2.96 bits per heavy atom. The second-order valence-electron chi connectivity index (χ2n) is 5.82. The van der Waals surface area contributed by atoms with Gasteiger partial charge in [0.1, 0.15) is 0 Å². The van der Waals surface area contributed by atoms with Gasteiger partial charge in [0.05, 0.1) is 0 Å². The SMILES string of the molecule is N#CC1CCCN1C(=O)CNC(=O)c1cccc2ccc(S[At])cc12. The van der Waals surface area contributed by atoms with Crippen molar-refractivity contribution < 1.29 is 32.8 Å². The predicted molar refractivity (Wildman–Crippen MR) is 92.5 cm³/mol. The molecule has 3 rings (SSSR count). The van der Waals surface area contributed by atoms with E-state index in [4.69, 9.17) is 5.26 Å². The van der Waals surface area contributed by atoms with E-state index in [-0.39, 0.29) is 24.4 Å². The van der Waals surface area contributed by atoms with Crippen LogP contribution in [0.15, 0.2) is 41.3 Å². The number of nitrogens with zero attached hydrogens (tertiary/aromatic N) is 2. The van der Waals surface area contributed by atoms with Gasteiger partial charge in [0.25, 0.3) is 0 Å². The summed E-state index contributed by atoms with van der Waals surface area (Å²) >= 11 is 1.59. The number of hydrogen-bond donors (Lipinski definition) is 1. The number of benzene rings is 2. The van der Waals surface area contributed by atoms with E-state index in [9.17, 15) is 9.59 Å². The molecular weight excluding hydrogens is 532 g/mol. The summed E-state index contributed by atoms with van der Waals surface area (Å²) in [4.78, 5) is 27.5. The van der Waals surface area contributed by atoms with E-state index in [1.807, 2.05) is 30.3 Å². The first-order valence-electron chi connectivity index (χ1n) is 7.92. The van der Waals surface area contributed by atoms with Gasteiger partial charge in [-0.3, -0.25) is 0 Å². The number of amides is 2. The second kappa shape index (κ2) is 8.16. The maximum absolute atomic E-state index is 12.6. The van der Waals surface area contributed by atoms with Crippen molar-refractivity contribution in [2.45, 2.75) is 23.8 Å². The van der Waals surface area contributed by atoms with E-state index >= 15 is 0 Å². The number of hydrogen-bond acceptors (Lipinski definition) is 4. The van der Waals surface area contributed by atoms with E-state index in [1.54, 1.807) is 42.7 Å². The summed E-state index contributed by atoms with van der Waals surface area (Å²) < 4.78 is 0. The number of likely N-dealkylation sites (tertiary alicyclic amines) is 1. The third-order valence-electron chi connectivity index (χ3n) is 4.31. The number of nitriles is 1. The zero-order valence-corrected chi connectivity index (χ0v) is 17.1. The van der Waals surface area contributed by atoms with Crippen molar-refractivity contribution >= 4 is 31.1 Å². The Bertz CT molecular complexity index is 865. The number of rotatable bonds is 4. The van der Waals surface area contributed by atoms with Crippen LogP contribution >= 0.6 is 8.52 Å². The molecule has 7 heteroatoms. The summed E-state index contributed by atoms with van der Waals surface area (Å²) in [5.74, 6) is -0.473. The maximum atomic E-state index is 12.6. The van der Waals surface area contributed by atoms with Gasteiger partial charge in [0, 0.05) is 0 Å². The Balaban J connectivity index is 1.74. The van der Waals surface area contributed by atoms with Gasteiger partial charge in [0.15, 0.2) is 0 Å². The minimum atomic E-state index is -0.368. The van der Waals surface area contributed by atoms with Crippen LogP contribution in [0.3, 0.4) is 0 Å². The van der Waals surface area contributed by atoms with Gasteiger partial charge in [0.2, 0.25) is 0 Å². The molecule has 2 aromatic carbocycles. The fraction of sp³-hybridized carbons (Fsp3) is 0.278. The molecule has 1 aliphatic rings. The van der Waals surface area contributed by atoms with E-state index < -0.39 is 0 Å². The molecule has 0 saturated carbocycles. The van der Waals surface area contributed by atoms with Gasteiger partial charge in [-0.25, -0.2) is 0 Å². The van der Waals surface area contributed by atoms with Crippen LogP contribution in [0.5, 0.6) is 0 Å². The van der Waals surface area contributed by atoms with Crippen molar-refractivity contribution in [2.24, 2.45) is 0 Å². The minimum absolute atomic E-state index is 0.0849. The standard InChI is InChI=1S/C18H16AtN3O2S/c19-25-14-7-6-12-3-1-5-15(16(12)9-14)18(24)21-11-17(23)22-8-2-4-13(22)10-20/h1,3,5-7,9,13H,2,4,8,11H2,(H,21,24). The Morgan fingerprint density at radius 1 is 1.36 bits per heavy atom. The molecule has 0 radical (unpaired) electrons. The zero-order valence-electron chi connectivity index (χ0n) is 13.4. The van der Waals surface area contributed by atoms with Crippen LogP contribution in [0.25, 0.3) is 10.8 Å². The predicted octanol–water partition coefficient (Wildman–Crippen LogP) is 2.64. The summed E-state index contributed by atoms with van der Waals surface area (Å²) in [6.45, 7) is 0.498. The van der Waals surface area contributed by atoms with Gasteiger partial charge < -0.3 is 0 Å². The summed E-state index contributed by atoms with van der Waals surface area (Å²) in [5.41, 5.74) is 0.561. The number of fused-ring (bicyclic) bond motifs is 1. The molecule has 0 aromatic heterocycles. The second-order valence-corrected chi connectivity index (χ2v) is 8.25. The molecule has 2 amide bonds. The Labute approximate surface area is 163 Å². The summed E-state index contributed by atoms with van der Waals surface area (Å²) in [7, 11) is 1.67. The topological polar surface area (TPSA) is 73.2 Å². The van der Waals surface area contributed by atoms with Crippen molar-refractivity contribution in [1.82, 2.24) is 10.2 Å². The summed E-state index contributed by atoms with van der Waals surface area (Å²) in [5, 5.41) is 13.7. The van der Waals surface area contributed by atoms with Crippen LogP contribution in [-0.2, 0) is 4.79 Å². The molecule has 1 saturated heterocycles. The van der Waals surface area contributed by atoms with E-state index in [0.717, 1.165) is 22.1 Å². The van der Waals surface area contributed by atoms with Crippen LogP contribution in [0, 0.1) is 34.6 Å². The van der Waals surface area contributed by atoms with E-state index in [1.165, 1.54) is 0 Å². The van der Waals surface area contributed by atoms with Crippen LogP contribution in [0.4, 0.5) is 0 Å². The van der Waals surface area contributed by atoms with Crippen LogP contribution in [0.2, 0.25) is 0 Å². The van der Waals surface area contributed by atoms with E-state index in [0.29, 0.717) is 18.5 Å². The van der Waals surface area contributed by atoms with Crippen molar-refractivity contribution in [3.63, 3.8) is 0 Å². The third-order valence-corrected chi connectivity index (χ3v) is 6.82. The fourth-order valence-electron chi connectivity index (χ4n) is 3.05. The van der Waals surface area contributed by atoms with Crippen molar-refractivity contribution in [3.8, 4) is 6.07 Å². The molecule has 0 bridgehead atoms. The monoisotopic (exact) mass is 548 g/mol. The Morgan fingerprint density at radius 2 is 2.20 bits per heavy atom. The quantitative estimate of drug-likeness (QED) is 0.638. The van der Waals surface area contributed by atoms with Gasteiger partial charge >= 0.3 is 159 Å². The average molecular weight is 548 g/mol. The zero-order chi connectivity index (χ0) is 17.8. The molecule has 1 fully saturated rings. The molecular formula is C18H16AtN3O2S. The van der Waals surface area contributed by atoms with Gasteiger partial charge in [-0.2, -0.15) is 5.26 Å². The molecule has 1 aliphatic heterocycles. The summed E-state index contributed by atoms with van der Waals surface area (Å²) in [6.07, 6.45) is 1.54. The average Bonchev–Trinajstić information content (AvgIpc) is 3.13. The van der Waals surface area contributed by atoms with Gasteiger partial charge in [-0.15, -0.1) is 0 Å². The normalized spacial score (nSPS) is 16.6. The number of carbonyl (C=O) groups is 2. The molecule has 0 spiro atoms. The molecule has 1 atom stereocenters. The first kappa shape index (κ1) is 18.2. The molecule has 0 aliphatic carbocycles. The molecule has 2 aromatic rings. The molecule has 1 heterocycles. The summed E-state index contributed by atoms with van der Waals surface area (Å²) in [6, 6.07) is 13.4. The number of nitrogens with one attached hydrogen (secondary N) is 1. The molecule has 1 unspecified atom stereocenters. The van der Waals surface area contributed by atoms with Gasteiger partial charge in [-0.05, 0) is 0 Å². The van der Waals surface area contributed by atoms with Crippen LogP contribution < -0.4 is 5.32 Å². The van der Waals surface area contributed by atoms with E-state index in [2.05, 4.69) is 11.4 Å². The van der Waals surface area contributed by atoms with Crippen molar-refractivity contribution in [2.75, 3.05) is 13.1 Å². The molecule has 1 N–H and O–H groups in total.